The van der Waals surface area contributed by atoms with Gasteiger partial charge in [0.2, 0.25) is 5.91 Å². The number of amides is 2. The molecule has 2 bridgehead atoms. The van der Waals surface area contributed by atoms with Crippen molar-refractivity contribution in [3.63, 3.8) is 0 Å². The Morgan fingerprint density at radius 3 is 2.60 bits per heavy atom. The molecule has 1 aromatic rings. The van der Waals surface area contributed by atoms with E-state index in [-0.39, 0.29) is 30.9 Å². The van der Waals surface area contributed by atoms with Gasteiger partial charge < -0.3 is 20.0 Å². The molecule has 4 rings (SSSR count). The molecule has 7 nitrogen and oxygen atoms in total. The summed E-state index contributed by atoms with van der Waals surface area (Å²) in [6.07, 6.45) is 3.28. The number of aliphatic carboxylic acids is 1. The molecule has 2 unspecified atom stereocenters. The molecule has 9 heteroatoms. The second-order valence-corrected chi connectivity index (χ2v) is 12.8. The van der Waals surface area contributed by atoms with E-state index in [1.165, 1.54) is 21.6 Å². The van der Waals surface area contributed by atoms with Crippen LogP contribution in [0.2, 0.25) is 5.02 Å². The first kappa shape index (κ1) is 26.0. The Morgan fingerprint density at radius 1 is 1.34 bits per heavy atom. The van der Waals surface area contributed by atoms with Gasteiger partial charge in [-0.2, -0.15) is 0 Å². The van der Waals surface area contributed by atoms with Crippen molar-refractivity contribution >= 4 is 46.8 Å². The number of likely N-dealkylation sites (tertiary alicyclic amines) is 1. The normalized spacial score (nSPS) is 32.1. The summed E-state index contributed by atoms with van der Waals surface area (Å²) < 4.78 is -1.51. The predicted octanol–water partition coefficient (Wildman–Crippen LogP) is 3.83. The number of thioether (sulfide) groups is 1. The number of halogens is 1. The van der Waals surface area contributed by atoms with Crippen LogP contribution < -0.4 is 4.90 Å². The van der Waals surface area contributed by atoms with Crippen molar-refractivity contribution in [3.8, 4) is 0 Å². The van der Waals surface area contributed by atoms with Crippen LogP contribution in [0.25, 0.3) is 0 Å². The lowest BCUT2D eigenvalue weighted by Crippen LogP contribution is -2.58. The number of fused-ring (bicyclic) bond motifs is 1. The fourth-order valence-corrected chi connectivity index (χ4v) is 9.05. The van der Waals surface area contributed by atoms with Crippen LogP contribution in [0.5, 0.6) is 0 Å². The zero-order valence-corrected chi connectivity index (χ0v) is 21.9. The highest BCUT2D eigenvalue weighted by Gasteiger charge is 2.78. The monoisotopic (exact) mass is 520 g/mol. The first-order chi connectivity index (χ1) is 16.5. The molecule has 2 amide bonds. The third kappa shape index (κ3) is 3.98. The minimum absolute atomic E-state index is 0.165. The number of hydrogen-bond acceptors (Lipinski definition) is 5. The Hall–Kier alpha value is -2.03. The number of carboxylic acids is 1. The summed E-state index contributed by atoms with van der Waals surface area (Å²) in [6, 6.07) is 5.51. The van der Waals surface area contributed by atoms with E-state index in [1.807, 2.05) is 20.8 Å². The summed E-state index contributed by atoms with van der Waals surface area (Å²) >= 11 is 7.96. The fourth-order valence-electron chi connectivity index (χ4n) is 6.49. The number of aliphatic hydroxyl groups is 1. The van der Waals surface area contributed by atoms with E-state index in [1.54, 1.807) is 30.3 Å². The summed E-state index contributed by atoms with van der Waals surface area (Å²) in [5.41, 5.74) is 0.509. The average Bonchev–Trinajstić information content (AvgIpc) is 3.36. The first-order valence-corrected chi connectivity index (χ1v) is 13.2. The predicted molar refractivity (Wildman–Crippen MR) is 138 cm³/mol. The molecule has 0 saturated carbocycles. The van der Waals surface area contributed by atoms with Crippen molar-refractivity contribution < 1.29 is 24.6 Å². The van der Waals surface area contributed by atoms with Gasteiger partial charge in [0.1, 0.15) is 6.04 Å². The number of carbonyl (C=O) groups excluding carboxylic acids is 2. The molecule has 190 valence electrons. The summed E-state index contributed by atoms with van der Waals surface area (Å²) in [5.74, 6) is -3.22. The molecule has 0 aliphatic carbocycles. The number of carbonyl (C=O) groups is 3. The number of aliphatic hydroxyl groups excluding tert-OH is 1. The Bertz CT molecular complexity index is 1050. The highest BCUT2D eigenvalue weighted by Crippen LogP contribution is 2.71. The third-order valence-corrected chi connectivity index (χ3v) is 10.1. The molecule has 2 N–H and O–H groups in total. The van der Waals surface area contributed by atoms with Crippen molar-refractivity contribution in [3.05, 3.63) is 41.9 Å². The van der Waals surface area contributed by atoms with E-state index in [4.69, 9.17) is 11.6 Å². The van der Waals surface area contributed by atoms with Crippen LogP contribution in [-0.2, 0) is 14.4 Å². The molecule has 3 aliphatic rings. The van der Waals surface area contributed by atoms with Crippen molar-refractivity contribution in [2.24, 2.45) is 17.8 Å². The summed E-state index contributed by atoms with van der Waals surface area (Å²) in [7, 11) is 0. The van der Waals surface area contributed by atoms with E-state index >= 15 is 0 Å². The second kappa shape index (κ2) is 9.45. The van der Waals surface area contributed by atoms with Gasteiger partial charge in [-0.25, -0.2) is 0 Å². The van der Waals surface area contributed by atoms with Gasteiger partial charge >= 0.3 is 5.97 Å². The van der Waals surface area contributed by atoms with Gasteiger partial charge in [-0.1, -0.05) is 43.7 Å². The molecule has 3 heterocycles. The Balaban J connectivity index is 1.87. The van der Waals surface area contributed by atoms with Crippen molar-refractivity contribution in [1.82, 2.24) is 4.90 Å². The molecule has 3 aliphatic heterocycles. The second-order valence-electron chi connectivity index (χ2n) is 10.5. The maximum atomic E-state index is 14.4. The van der Waals surface area contributed by atoms with Crippen LogP contribution in [0.1, 0.15) is 40.0 Å². The molecule has 6 atom stereocenters. The standard InChI is InChI=1S/C26H33ClN2O5S/c1-5-12-28(18-9-7-6-8-17(18)27)23(32)21-26-11-10-25(4,35-26)20(24(33)34)19(26)22(31)29(21)16(14-30)13-15(2)3/h5-9,15-16,19-21,30H,1,10-14H2,2-4H3,(H,33,34)/t16-,19+,20-,21?,25+,26?/m1/s1. The number of hydrogen-bond donors (Lipinski definition) is 2. The topological polar surface area (TPSA) is 98.2 Å². The van der Waals surface area contributed by atoms with Crippen LogP contribution in [-0.4, -0.2) is 67.6 Å². The first-order valence-electron chi connectivity index (χ1n) is 12.0. The molecule has 3 fully saturated rings. The molecule has 0 radical (unpaired) electrons. The lowest BCUT2D eigenvalue weighted by atomic mass is 9.66. The molecular formula is C26H33ClN2O5S. The van der Waals surface area contributed by atoms with E-state index in [0.717, 1.165) is 0 Å². The van der Waals surface area contributed by atoms with Gasteiger partial charge in [-0.05, 0) is 44.2 Å². The van der Waals surface area contributed by atoms with E-state index in [9.17, 15) is 24.6 Å². The average molecular weight is 521 g/mol. The summed E-state index contributed by atoms with van der Waals surface area (Å²) in [6.45, 7) is 9.57. The third-order valence-electron chi connectivity index (χ3n) is 7.78. The lowest BCUT2D eigenvalue weighted by molar-refractivity contribution is -0.150. The number of nitrogens with zero attached hydrogens (tertiary/aromatic N) is 2. The number of rotatable bonds is 9. The SMILES string of the molecule is C=CCN(C(=O)C1N([C@@H](CO)CC(C)C)C(=O)[C@@H]2[C@H](C(=O)O)[C@]3(C)CCC12S3)c1ccccc1Cl. The number of para-hydroxylation sites is 1. The Kier molecular flexibility index (Phi) is 7.03. The summed E-state index contributed by atoms with van der Waals surface area (Å²) in [4.78, 5) is 43.9. The number of benzene rings is 1. The fraction of sp³-hybridized carbons (Fsp3) is 0.577. The van der Waals surface area contributed by atoms with Crippen LogP contribution in [0, 0.1) is 17.8 Å². The van der Waals surface area contributed by atoms with Gasteiger partial charge in [0, 0.05) is 11.3 Å². The Labute approximate surface area is 215 Å². The smallest absolute Gasteiger partial charge is 0.308 e. The number of carboxylic acid groups (broad SMARTS) is 1. The minimum Gasteiger partial charge on any atom is -0.481 e. The van der Waals surface area contributed by atoms with Crippen molar-refractivity contribution in [1.29, 1.82) is 0 Å². The quantitative estimate of drug-likeness (QED) is 0.480. The van der Waals surface area contributed by atoms with Gasteiger partial charge in [0.05, 0.1) is 39.9 Å². The summed E-state index contributed by atoms with van der Waals surface area (Å²) in [5, 5.41) is 20.9. The number of anilines is 1. The largest absolute Gasteiger partial charge is 0.481 e. The van der Waals surface area contributed by atoms with Crippen LogP contribution in [0.4, 0.5) is 5.69 Å². The van der Waals surface area contributed by atoms with Gasteiger partial charge in [-0.3, -0.25) is 14.4 Å². The molecule has 0 aromatic heterocycles. The van der Waals surface area contributed by atoms with Crippen LogP contribution in [0.3, 0.4) is 0 Å². The highest BCUT2D eigenvalue weighted by molar-refractivity contribution is 8.02. The van der Waals surface area contributed by atoms with Crippen molar-refractivity contribution in [2.45, 2.75) is 61.6 Å². The molecule has 1 aromatic carbocycles. The van der Waals surface area contributed by atoms with E-state index in [2.05, 4.69) is 6.58 Å². The van der Waals surface area contributed by atoms with Gasteiger partial charge in [-0.15, -0.1) is 18.3 Å². The molecule has 3 saturated heterocycles. The molecular weight excluding hydrogens is 488 g/mol. The van der Waals surface area contributed by atoms with E-state index < -0.39 is 39.4 Å². The van der Waals surface area contributed by atoms with Crippen LogP contribution in [0.15, 0.2) is 36.9 Å². The van der Waals surface area contributed by atoms with E-state index in [0.29, 0.717) is 30.0 Å². The molecule has 35 heavy (non-hydrogen) atoms. The van der Waals surface area contributed by atoms with Gasteiger partial charge in [0.25, 0.3) is 5.91 Å². The van der Waals surface area contributed by atoms with Gasteiger partial charge in [0.15, 0.2) is 0 Å². The highest BCUT2D eigenvalue weighted by atomic mass is 35.5. The maximum absolute atomic E-state index is 14.4. The zero-order valence-electron chi connectivity index (χ0n) is 20.3. The molecule has 1 spiro atoms. The van der Waals surface area contributed by atoms with Crippen molar-refractivity contribution in [2.75, 3.05) is 18.1 Å². The van der Waals surface area contributed by atoms with Crippen LogP contribution >= 0.6 is 23.4 Å². The maximum Gasteiger partial charge on any atom is 0.308 e. The zero-order chi connectivity index (χ0) is 25.7. The Morgan fingerprint density at radius 2 is 2.03 bits per heavy atom. The lowest BCUT2D eigenvalue weighted by Gasteiger charge is -2.40. The minimum atomic E-state index is -1.01.